The van der Waals surface area contributed by atoms with Crippen molar-refractivity contribution in [3.8, 4) is 6.07 Å². The summed E-state index contributed by atoms with van der Waals surface area (Å²) in [5.41, 5.74) is 0.614. The number of nitriles is 1. The van der Waals surface area contributed by atoms with E-state index < -0.39 is 0 Å². The molecule has 1 aliphatic carbocycles. The molecular weight excluding hydrogens is 190 g/mol. The number of aliphatic hydroxyl groups excluding tert-OH is 1. The lowest BCUT2D eigenvalue weighted by Crippen LogP contribution is -2.29. The van der Waals surface area contributed by atoms with E-state index in [2.05, 4.69) is 16.0 Å². The van der Waals surface area contributed by atoms with Gasteiger partial charge in [0.1, 0.15) is 5.82 Å². The highest BCUT2D eigenvalue weighted by atomic mass is 16.3. The van der Waals surface area contributed by atoms with Gasteiger partial charge in [0.15, 0.2) is 0 Å². The summed E-state index contributed by atoms with van der Waals surface area (Å²) in [6.07, 6.45) is 3.94. The van der Waals surface area contributed by atoms with E-state index >= 15 is 0 Å². The Bertz CT molecular complexity index is 382. The molecule has 4 nitrogen and oxygen atoms in total. The van der Waals surface area contributed by atoms with Gasteiger partial charge in [0.2, 0.25) is 0 Å². The summed E-state index contributed by atoms with van der Waals surface area (Å²) in [7, 11) is 0. The summed E-state index contributed by atoms with van der Waals surface area (Å²) in [5.74, 6) is 0.797. The second-order valence-electron chi connectivity index (χ2n) is 3.66. The molecule has 0 radical (unpaired) electrons. The molecule has 78 valence electrons. The van der Waals surface area contributed by atoms with Crippen molar-refractivity contribution in [3.63, 3.8) is 0 Å². The zero-order valence-corrected chi connectivity index (χ0v) is 8.43. The van der Waals surface area contributed by atoms with E-state index in [0.29, 0.717) is 18.2 Å². The van der Waals surface area contributed by atoms with Crippen molar-refractivity contribution < 1.29 is 5.11 Å². The maximum absolute atomic E-state index is 8.97. The highest BCUT2D eigenvalue weighted by molar-refractivity contribution is 5.46. The monoisotopic (exact) mass is 203 g/mol. The molecule has 1 aliphatic rings. The Morgan fingerprint density at radius 3 is 3.00 bits per heavy atom. The summed E-state index contributed by atoms with van der Waals surface area (Å²) in [6, 6.07) is 6.05. The van der Waals surface area contributed by atoms with Gasteiger partial charge in [0, 0.05) is 18.8 Å². The van der Waals surface area contributed by atoms with Gasteiger partial charge in [-0.25, -0.2) is 4.98 Å². The van der Waals surface area contributed by atoms with Gasteiger partial charge in [-0.1, -0.05) is 0 Å². The Balaban J connectivity index is 2.21. The van der Waals surface area contributed by atoms with Crippen LogP contribution in [-0.2, 0) is 0 Å². The zero-order valence-electron chi connectivity index (χ0n) is 8.43. The minimum Gasteiger partial charge on any atom is -0.395 e. The second kappa shape index (κ2) is 4.28. The van der Waals surface area contributed by atoms with Gasteiger partial charge in [-0.05, 0) is 25.0 Å². The van der Waals surface area contributed by atoms with Crippen LogP contribution in [-0.4, -0.2) is 29.3 Å². The van der Waals surface area contributed by atoms with Crippen LogP contribution in [0.5, 0.6) is 0 Å². The SMILES string of the molecule is N#Cc1ccnc(N(CCO)C2CC2)c1. The van der Waals surface area contributed by atoms with E-state index in [1.54, 1.807) is 18.3 Å². The summed E-state index contributed by atoms with van der Waals surface area (Å²) < 4.78 is 0. The van der Waals surface area contributed by atoms with Crippen LogP contribution < -0.4 is 4.90 Å². The molecule has 15 heavy (non-hydrogen) atoms. The molecule has 1 saturated carbocycles. The van der Waals surface area contributed by atoms with Crippen LogP contribution in [0.25, 0.3) is 0 Å². The van der Waals surface area contributed by atoms with Gasteiger partial charge in [-0.15, -0.1) is 0 Å². The molecule has 0 bridgehead atoms. The second-order valence-corrected chi connectivity index (χ2v) is 3.66. The van der Waals surface area contributed by atoms with E-state index in [1.165, 1.54) is 0 Å². The Morgan fingerprint density at radius 2 is 2.40 bits per heavy atom. The number of hydrogen-bond donors (Lipinski definition) is 1. The van der Waals surface area contributed by atoms with Gasteiger partial charge in [-0.3, -0.25) is 0 Å². The number of aliphatic hydroxyl groups is 1. The molecule has 0 saturated heterocycles. The zero-order chi connectivity index (χ0) is 10.7. The lowest BCUT2D eigenvalue weighted by Gasteiger charge is -2.22. The van der Waals surface area contributed by atoms with E-state index in [9.17, 15) is 0 Å². The Hall–Kier alpha value is -1.60. The number of rotatable bonds is 4. The maximum Gasteiger partial charge on any atom is 0.130 e. The molecule has 0 aromatic carbocycles. The molecule has 0 unspecified atom stereocenters. The summed E-state index contributed by atoms with van der Waals surface area (Å²) in [4.78, 5) is 6.30. The van der Waals surface area contributed by atoms with E-state index in [0.717, 1.165) is 18.7 Å². The fraction of sp³-hybridized carbons (Fsp3) is 0.455. The standard InChI is InChI=1S/C11H13N3O/c12-8-9-3-4-13-11(7-9)14(5-6-15)10-1-2-10/h3-4,7,10,15H,1-2,5-6H2. The van der Waals surface area contributed by atoms with Crippen molar-refractivity contribution in [1.82, 2.24) is 4.98 Å². The summed E-state index contributed by atoms with van der Waals surface area (Å²) in [5, 5.41) is 17.7. The van der Waals surface area contributed by atoms with Crippen molar-refractivity contribution in [2.24, 2.45) is 0 Å². The molecule has 4 heteroatoms. The predicted octanol–water partition coefficient (Wildman–Crippen LogP) is 0.914. The molecule has 1 heterocycles. The normalized spacial score (nSPS) is 14.7. The van der Waals surface area contributed by atoms with Crippen LogP contribution in [0, 0.1) is 11.3 Å². The first kappa shape index (κ1) is 9.94. The number of hydrogen-bond acceptors (Lipinski definition) is 4. The molecule has 2 rings (SSSR count). The van der Waals surface area contributed by atoms with Crippen molar-refractivity contribution >= 4 is 5.82 Å². The van der Waals surface area contributed by atoms with Gasteiger partial charge in [0.05, 0.1) is 18.2 Å². The van der Waals surface area contributed by atoms with Crippen molar-refractivity contribution in [1.29, 1.82) is 5.26 Å². The molecular formula is C11H13N3O. The van der Waals surface area contributed by atoms with Gasteiger partial charge in [-0.2, -0.15) is 5.26 Å². The van der Waals surface area contributed by atoms with Crippen LogP contribution in [0.15, 0.2) is 18.3 Å². The van der Waals surface area contributed by atoms with Crippen LogP contribution in [0.3, 0.4) is 0 Å². The van der Waals surface area contributed by atoms with Gasteiger partial charge in [0.25, 0.3) is 0 Å². The average Bonchev–Trinajstić information content (AvgIpc) is 3.10. The number of anilines is 1. The third kappa shape index (κ3) is 2.25. The molecule has 0 amide bonds. The highest BCUT2D eigenvalue weighted by Crippen LogP contribution is 2.30. The largest absolute Gasteiger partial charge is 0.395 e. The summed E-state index contributed by atoms with van der Waals surface area (Å²) >= 11 is 0. The predicted molar refractivity (Wildman–Crippen MR) is 56.4 cm³/mol. The summed E-state index contributed by atoms with van der Waals surface area (Å²) in [6.45, 7) is 0.710. The van der Waals surface area contributed by atoms with Crippen LogP contribution in [0.1, 0.15) is 18.4 Å². The average molecular weight is 203 g/mol. The Labute approximate surface area is 88.8 Å². The molecule has 1 fully saturated rings. The molecule has 1 N–H and O–H groups in total. The van der Waals surface area contributed by atoms with Crippen LogP contribution in [0.2, 0.25) is 0 Å². The molecule has 1 aromatic rings. The quantitative estimate of drug-likeness (QED) is 0.790. The third-order valence-electron chi connectivity index (χ3n) is 2.50. The van der Waals surface area contributed by atoms with Crippen LogP contribution in [0.4, 0.5) is 5.82 Å². The fourth-order valence-electron chi connectivity index (χ4n) is 1.62. The topological polar surface area (TPSA) is 60.2 Å². The van der Waals surface area contributed by atoms with Gasteiger partial charge >= 0.3 is 0 Å². The van der Waals surface area contributed by atoms with Crippen molar-refractivity contribution in [3.05, 3.63) is 23.9 Å². The number of pyridine rings is 1. The first-order valence-corrected chi connectivity index (χ1v) is 5.09. The maximum atomic E-state index is 8.97. The lowest BCUT2D eigenvalue weighted by molar-refractivity contribution is 0.301. The highest BCUT2D eigenvalue weighted by Gasteiger charge is 2.29. The van der Waals surface area contributed by atoms with Crippen molar-refractivity contribution in [2.75, 3.05) is 18.1 Å². The minimum atomic E-state index is 0.120. The Kier molecular flexibility index (Phi) is 2.84. The third-order valence-corrected chi connectivity index (χ3v) is 2.50. The fourth-order valence-corrected chi connectivity index (χ4v) is 1.62. The molecule has 0 atom stereocenters. The minimum absolute atomic E-state index is 0.120. The number of aromatic nitrogens is 1. The molecule has 1 aromatic heterocycles. The van der Waals surface area contributed by atoms with E-state index in [1.807, 2.05) is 0 Å². The van der Waals surface area contributed by atoms with Gasteiger partial charge < -0.3 is 10.0 Å². The molecule has 0 aliphatic heterocycles. The first-order chi connectivity index (χ1) is 7.35. The molecule has 0 spiro atoms. The lowest BCUT2D eigenvalue weighted by atomic mass is 10.3. The van der Waals surface area contributed by atoms with Crippen LogP contribution >= 0.6 is 0 Å². The van der Waals surface area contributed by atoms with Crippen molar-refractivity contribution in [2.45, 2.75) is 18.9 Å². The van der Waals surface area contributed by atoms with E-state index in [4.69, 9.17) is 10.4 Å². The Morgan fingerprint density at radius 1 is 1.60 bits per heavy atom. The first-order valence-electron chi connectivity index (χ1n) is 5.09. The number of nitrogens with zero attached hydrogens (tertiary/aromatic N) is 3. The van der Waals surface area contributed by atoms with E-state index in [-0.39, 0.29) is 6.61 Å². The smallest absolute Gasteiger partial charge is 0.130 e.